The van der Waals surface area contributed by atoms with Crippen molar-refractivity contribution in [3.63, 3.8) is 0 Å². The summed E-state index contributed by atoms with van der Waals surface area (Å²) in [6.07, 6.45) is 0.349. The molecular weight excluding hydrogens is 206 g/mol. The lowest BCUT2D eigenvalue weighted by molar-refractivity contribution is 0.211. The average molecular weight is 225 g/mol. The SMILES string of the molecule is CC(C)[C@@H](CO)NCCCS(=O)(=O)O. The Kier molecular flexibility index (Phi) is 6.26. The van der Waals surface area contributed by atoms with Gasteiger partial charge in [-0.25, -0.2) is 0 Å². The molecule has 0 aromatic heterocycles. The number of hydrogen-bond donors (Lipinski definition) is 3. The first kappa shape index (κ1) is 13.8. The number of aliphatic hydroxyl groups is 1. The smallest absolute Gasteiger partial charge is 0.264 e. The van der Waals surface area contributed by atoms with Gasteiger partial charge in [0.25, 0.3) is 10.1 Å². The van der Waals surface area contributed by atoms with Gasteiger partial charge in [0.1, 0.15) is 0 Å². The predicted molar refractivity (Wildman–Crippen MR) is 54.7 cm³/mol. The Hall–Kier alpha value is -0.170. The van der Waals surface area contributed by atoms with Crippen LogP contribution in [0.5, 0.6) is 0 Å². The van der Waals surface area contributed by atoms with Gasteiger partial charge in [0, 0.05) is 6.04 Å². The molecule has 6 heteroatoms. The third-order valence-corrected chi connectivity index (χ3v) is 2.79. The fourth-order valence-corrected chi connectivity index (χ4v) is 1.56. The zero-order valence-corrected chi connectivity index (χ0v) is 9.42. The highest BCUT2D eigenvalue weighted by Gasteiger charge is 2.11. The third kappa shape index (κ3) is 7.25. The van der Waals surface area contributed by atoms with Gasteiger partial charge in [0.2, 0.25) is 0 Å². The van der Waals surface area contributed by atoms with Gasteiger partial charge >= 0.3 is 0 Å². The minimum Gasteiger partial charge on any atom is -0.395 e. The summed E-state index contributed by atoms with van der Waals surface area (Å²) in [6, 6.07) is -0.0172. The quantitative estimate of drug-likeness (QED) is 0.415. The third-order valence-electron chi connectivity index (χ3n) is 1.99. The Morgan fingerprint density at radius 2 is 1.93 bits per heavy atom. The van der Waals surface area contributed by atoms with Gasteiger partial charge in [-0.2, -0.15) is 8.42 Å². The van der Waals surface area contributed by atoms with Crippen LogP contribution in [0.15, 0.2) is 0 Å². The molecule has 0 unspecified atom stereocenters. The topological polar surface area (TPSA) is 86.6 Å². The maximum absolute atomic E-state index is 10.4. The molecule has 0 heterocycles. The van der Waals surface area contributed by atoms with Crippen molar-refractivity contribution < 1.29 is 18.1 Å². The molecule has 0 spiro atoms. The summed E-state index contributed by atoms with van der Waals surface area (Å²) in [5.41, 5.74) is 0. The Morgan fingerprint density at radius 1 is 1.36 bits per heavy atom. The highest BCUT2D eigenvalue weighted by molar-refractivity contribution is 7.85. The molecule has 0 rings (SSSR count). The second-order valence-electron chi connectivity index (χ2n) is 3.63. The summed E-state index contributed by atoms with van der Waals surface area (Å²) < 4.78 is 29.2. The summed E-state index contributed by atoms with van der Waals surface area (Å²) in [4.78, 5) is 0. The number of rotatable bonds is 7. The molecule has 0 aromatic rings. The summed E-state index contributed by atoms with van der Waals surface area (Å²) >= 11 is 0. The van der Waals surface area contributed by atoms with E-state index in [4.69, 9.17) is 9.66 Å². The van der Waals surface area contributed by atoms with Crippen molar-refractivity contribution >= 4 is 10.1 Å². The molecule has 0 radical (unpaired) electrons. The van der Waals surface area contributed by atoms with Crippen LogP contribution < -0.4 is 5.32 Å². The van der Waals surface area contributed by atoms with Crippen molar-refractivity contribution in [1.29, 1.82) is 0 Å². The van der Waals surface area contributed by atoms with Crippen LogP contribution in [0.1, 0.15) is 20.3 Å². The van der Waals surface area contributed by atoms with Gasteiger partial charge in [0.05, 0.1) is 12.4 Å². The first-order chi connectivity index (χ1) is 6.37. The largest absolute Gasteiger partial charge is 0.395 e. The van der Waals surface area contributed by atoms with Crippen molar-refractivity contribution in [2.45, 2.75) is 26.3 Å². The highest BCUT2D eigenvalue weighted by Crippen LogP contribution is 2.00. The van der Waals surface area contributed by atoms with E-state index in [-0.39, 0.29) is 18.4 Å². The van der Waals surface area contributed by atoms with Crippen molar-refractivity contribution in [3.8, 4) is 0 Å². The summed E-state index contributed by atoms with van der Waals surface area (Å²) in [5, 5.41) is 11.9. The summed E-state index contributed by atoms with van der Waals surface area (Å²) in [6.45, 7) is 4.44. The van der Waals surface area contributed by atoms with Crippen molar-refractivity contribution in [2.24, 2.45) is 5.92 Å². The second kappa shape index (κ2) is 6.34. The van der Waals surface area contributed by atoms with Crippen molar-refractivity contribution in [1.82, 2.24) is 5.32 Å². The Bertz CT molecular complexity index is 238. The molecule has 0 saturated heterocycles. The fourth-order valence-electron chi connectivity index (χ4n) is 1.05. The average Bonchev–Trinajstić information content (AvgIpc) is 2.01. The van der Waals surface area contributed by atoms with E-state index in [2.05, 4.69) is 5.32 Å². The van der Waals surface area contributed by atoms with E-state index in [1.54, 1.807) is 0 Å². The van der Waals surface area contributed by atoms with Crippen molar-refractivity contribution in [3.05, 3.63) is 0 Å². The molecule has 0 fully saturated rings. The van der Waals surface area contributed by atoms with Crippen LogP contribution in [-0.4, -0.2) is 43.0 Å². The van der Waals surface area contributed by atoms with Crippen LogP contribution in [0.2, 0.25) is 0 Å². The standard InChI is InChI=1S/C8H19NO4S/c1-7(2)8(6-10)9-4-3-5-14(11,12)13/h7-10H,3-6H2,1-2H3,(H,11,12,13)/t8-/m1/s1. The van der Waals surface area contributed by atoms with E-state index in [1.807, 2.05) is 13.8 Å². The summed E-state index contributed by atoms with van der Waals surface area (Å²) in [5.74, 6) is 0.0571. The van der Waals surface area contributed by atoms with E-state index in [0.29, 0.717) is 18.9 Å². The van der Waals surface area contributed by atoms with E-state index in [9.17, 15) is 8.42 Å². The minimum absolute atomic E-state index is 0.0172. The molecule has 0 bridgehead atoms. The van der Waals surface area contributed by atoms with E-state index in [1.165, 1.54) is 0 Å². The van der Waals surface area contributed by atoms with Crippen LogP contribution in [-0.2, 0) is 10.1 Å². The van der Waals surface area contributed by atoms with Crippen LogP contribution in [0.4, 0.5) is 0 Å². The summed E-state index contributed by atoms with van der Waals surface area (Å²) in [7, 11) is -3.85. The molecule has 0 aliphatic carbocycles. The van der Waals surface area contributed by atoms with Gasteiger partial charge in [-0.1, -0.05) is 13.8 Å². The first-order valence-electron chi connectivity index (χ1n) is 4.66. The molecule has 86 valence electrons. The van der Waals surface area contributed by atoms with Crippen LogP contribution in [0, 0.1) is 5.92 Å². The lowest BCUT2D eigenvalue weighted by atomic mass is 10.1. The maximum atomic E-state index is 10.4. The predicted octanol–water partition coefficient (Wildman–Crippen LogP) is -0.129. The lowest BCUT2D eigenvalue weighted by Gasteiger charge is -2.19. The van der Waals surface area contributed by atoms with Gasteiger partial charge < -0.3 is 10.4 Å². The van der Waals surface area contributed by atoms with Crippen LogP contribution >= 0.6 is 0 Å². The molecule has 0 aromatic carbocycles. The monoisotopic (exact) mass is 225 g/mol. The zero-order valence-electron chi connectivity index (χ0n) is 8.60. The van der Waals surface area contributed by atoms with Crippen LogP contribution in [0.25, 0.3) is 0 Å². The van der Waals surface area contributed by atoms with Gasteiger partial charge in [-0.3, -0.25) is 4.55 Å². The molecule has 0 saturated carbocycles. The fraction of sp³-hybridized carbons (Fsp3) is 1.00. The zero-order chi connectivity index (χ0) is 11.2. The Labute approximate surface area is 85.3 Å². The molecule has 0 aliphatic heterocycles. The molecule has 0 aliphatic rings. The van der Waals surface area contributed by atoms with Crippen molar-refractivity contribution in [2.75, 3.05) is 18.9 Å². The van der Waals surface area contributed by atoms with E-state index >= 15 is 0 Å². The Morgan fingerprint density at radius 3 is 2.29 bits per heavy atom. The molecular formula is C8H19NO4S. The van der Waals surface area contributed by atoms with E-state index in [0.717, 1.165) is 0 Å². The first-order valence-corrected chi connectivity index (χ1v) is 6.27. The number of aliphatic hydroxyl groups excluding tert-OH is 1. The van der Waals surface area contributed by atoms with Gasteiger partial charge in [-0.05, 0) is 18.9 Å². The maximum Gasteiger partial charge on any atom is 0.264 e. The van der Waals surface area contributed by atoms with Gasteiger partial charge in [-0.15, -0.1) is 0 Å². The second-order valence-corrected chi connectivity index (χ2v) is 5.20. The minimum atomic E-state index is -3.85. The normalized spacial score (nSPS) is 14.6. The van der Waals surface area contributed by atoms with Gasteiger partial charge in [0.15, 0.2) is 0 Å². The highest BCUT2D eigenvalue weighted by atomic mass is 32.2. The van der Waals surface area contributed by atoms with Crippen LogP contribution in [0.3, 0.4) is 0 Å². The molecule has 1 atom stereocenters. The number of nitrogens with one attached hydrogen (secondary N) is 1. The molecule has 3 N–H and O–H groups in total. The molecule has 14 heavy (non-hydrogen) atoms. The van der Waals surface area contributed by atoms with E-state index < -0.39 is 10.1 Å². The Balaban J connectivity index is 3.63. The number of hydrogen-bond acceptors (Lipinski definition) is 4. The molecule has 5 nitrogen and oxygen atoms in total. The lowest BCUT2D eigenvalue weighted by Crippen LogP contribution is -2.38. The molecule has 0 amide bonds.